The smallest absolute Gasteiger partial charge is 0.228 e. The van der Waals surface area contributed by atoms with Gasteiger partial charge in [-0.05, 0) is 30.3 Å². The lowest BCUT2D eigenvalue weighted by molar-refractivity contribution is -0.115. The highest BCUT2D eigenvalue weighted by atomic mass is 35.5. The zero-order valence-electron chi connectivity index (χ0n) is 15.6. The molecule has 0 aliphatic heterocycles. The maximum absolute atomic E-state index is 14.0. The molecule has 1 amide bonds. The summed E-state index contributed by atoms with van der Waals surface area (Å²) in [5, 5.41) is 4.84. The van der Waals surface area contributed by atoms with Crippen molar-refractivity contribution in [3.63, 3.8) is 0 Å². The first-order chi connectivity index (χ1) is 13.8. The van der Waals surface area contributed by atoms with Crippen molar-refractivity contribution in [3.05, 3.63) is 64.2 Å². The first kappa shape index (κ1) is 21.4. The summed E-state index contributed by atoms with van der Waals surface area (Å²) in [5.41, 5.74) is 0.657. The van der Waals surface area contributed by atoms with Gasteiger partial charge in [0.1, 0.15) is 11.0 Å². The topological polar surface area (TPSA) is 57.6 Å². The summed E-state index contributed by atoms with van der Waals surface area (Å²) in [6.45, 7) is 0. The van der Waals surface area contributed by atoms with Crippen molar-refractivity contribution in [2.75, 3.05) is 19.4 Å². The average Bonchev–Trinajstić information content (AvgIpc) is 2.65. The fourth-order valence-electron chi connectivity index (χ4n) is 2.61. The van der Waals surface area contributed by atoms with E-state index in [0.29, 0.717) is 16.2 Å². The minimum absolute atomic E-state index is 0.150. The zero-order valence-corrected chi connectivity index (χ0v) is 17.9. The van der Waals surface area contributed by atoms with Gasteiger partial charge in [-0.1, -0.05) is 29.3 Å². The van der Waals surface area contributed by atoms with Crippen molar-refractivity contribution >= 4 is 63.9 Å². The highest BCUT2D eigenvalue weighted by Gasteiger charge is 2.14. The van der Waals surface area contributed by atoms with Crippen LogP contribution in [0.2, 0.25) is 10.2 Å². The number of hydrogen-bond donors (Lipinski definition) is 1. The number of fused-ring (bicyclic) bond motifs is 1. The average molecular weight is 451 g/mol. The van der Waals surface area contributed by atoms with Crippen LogP contribution < -0.4 is 5.32 Å². The largest absolute Gasteiger partial charge is 0.368 e. The van der Waals surface area contributed by atoms with Gasteiger partial charge < -0.3 is 10.2 Å². The monoisotopic (exact) mass is 450 g/mol. The molecule has 0 saturated carbocycles. The number of halogens is 3. The Morgan fingerprint density at radius 3 is 2.79 bits per heavy atom. The molecule has 0 fully saturated rings. The standard InChI is InChI=1S/C20H17Cl2FN4OS/c1-27(2)11-25-29-18-9-12(8-14-13(18)6-7-24-20(14)22)26-19(28)10-15-16(21)4-3-5-17(15)23/h3-9,11H,10H2,1-2H3,(H,26,28)/b25-11+. The summed E-state index contributed by atoms with van der Waals surface area (Å²) in [6, 6.07) is 9.66. The van der Waals surface area contributed by atoms with E-state index in [-0.39, 0.29) is 17.0 Å². The SMILES string of the molecule is CN(C)/C=N/Sc1cc(NC(=O)Cc2c(F)cccc2Cl)cc2c(Cl)nccc12. The Morgan fingerprint density at radius 1 is 1.28 bits per heavy atom. The fourth-order valence-corrected chi connectivity index (χ4v) is 3.85. The van der Waals surface area contributed by atoms with Crippen molar-refractivity contribution in [2.45, 2.75) is 11.3 Å². The van der Waals surface area contributed by atoms with E-state index in [1.54, 1.807) is 30.7 Å². The van der Waals surface area contributed by atoms with Crippen LogP contribution in [0.5, 0.6) is 0 Å². The summed E-state index contributed by atoms with van der Waals surface area (Å²) in [6.07, 6.45) is 3.10. The zero-order chi connectivity index (χ0) is 21.0. The lowest BCUT2D eigenvalue weighted by Crippen LogP contribution is -2.15. The molecule has 9 heteroatoms. The number of rotatable bonds is 6. The van der Waals surface area contributed by atoms with Gasteiger partial charge in [-0.15, -0.1) is 0 Å². The normalized spacial score (nSPS) is 11.2. The molecule has 1 N–H and O–H groups in total. The number of pyridine rings is 1. The van der Waals surface area contributed by atoms with E-state index < -0.39 is 11.7 Å². The number of hydrogen-bond acceptors (Lipinski definition) is 4. The Morgan fingerprint density at radius 2 is 2.07 bits per heavy atom. The van der Waals surface area contributed by atoms with Gasteiger partial charge in [-0.2, -0.15) is 0 Å². The maximum Gasteiger partial charge on any atom is 0.228 e. The third kappa shape index (κ3) is 5.38. The van der Waals surface area contributed by atoms with Gasteiger partial charge in [-0.3, -0.25) is 4.79 Å². The molecule has 3 rings (SSSR count). The molecule has 0 atom stereocenters. The molecule has 0 aliphatic carbocycles. The number of nitrogens with zero attached hydrogens (tertiary/aromatic N) is 3. The molecule has 1 heterocycles. The third-order valence-electron chi connectivity index (χ3n) is 3.91. The molecule has 29 heavy (non-hydrogen) atoms. The highest BCUT2D eigenvalue weighted by Crippen LogP contribution is 2.34. The molecule has 0 saturated heterocycles. The predicted octanol–water partition coefficient (Wildman–Crippen LogP) is 5.46. The third-order valence-corrected chi connectivity index (χ3v) is 5.29. The second-order valence-corrected chi connectivity index (χ2v) is 7.97. The van der Waals surface area contributed by atoms with Crippen molar-refractivity contribution in [1.29, 1.82) is 0 Å². The molecule has 150 valence electrons. The minimum atomic E-state index is -0.521. The van der Waals surface area contributed by atoms with Crippen LogP contribution in [-0.4, -0.2) is 36.2 Å². The van der Waals surface area contributed by atoms with E-state index in [9.17, 15) is 9.18 Å². The predicted molar refractivity (Wildman–Crippen MR) is 119 cm³/mol. The molecule has 0 unspecified atom stereocenters. The van der Waals surface area contributed by atoms with E-state index in [2.05, 4.69) is 14.7 Å². The molecular formula is C20H17Cl2FN4OS. The summed E-state index contributed by atoms with van der Waals surface area (Å²) >= 11 is 13.5. The van der Waals surface area contributed by atoms with Gasteiger partial charge in [0.15, 0.2) is 0 Å². The van der Waals surface area contributed by atoms with E-state index in [1.165, 1.54) is 24.1 Å². The Bertz CT molecular complexity index is 1070. The highest BCUT2D eigenvalue weighted by molar-refractivity contribution is 7.98. The fraction of sp³-hybridized carbons (Fsp3) is 0.150. The van der Waals surface area contributed by atoms with Crippen LogP contribution in [-0.2, 0) is 11.2 Å². The van der Waals surface area contributed by atoms with Gasteiger partial charge in [-0.25, -0.2) is 13.8 Å². The number of amides is 1. The number of nitrogens with one attached hydrogen (secondary N) is 1. The Hall–Kier alpha value is -2.35. The number of anilines is 1. The van der Waals surface area contributed by atoms with Gasteiger partial charge >= 0.3 is 0 Å². The van der Waals surface area contributed by atoms with Crippen molar-refractivity contribution in [1.82, 2.24) is 9.88 Å². The minimum Gasteiger partial charge on any atom is -0.368 e. The maximum atomic E-state index is 14.0. The van der Waals surface area contributed by atoms with E-state index in [0.717, 1.165) is 10.3 Å². The van der Waals surface area contributed by atoms with Crippen LogP contribution in [0.15, 0.2) is 51.9 Å². The Labute approximate surface area is 182 Å². The Balaban J connectivity index is 1.90. The molecule has 0 radical (unpaired) electrons. The molecule has 2 aromatic carbocycles. The van der Waals surface area contributed by atoms with Crippen molar-refractivity contribution < 1.29 is 9.18 Å². The molecule has 1 aromatic heterocycles. The van der Waals surface area contributed by atoms with Gasteiger partial charge in [0.05, 0.1) is 12.8 Å². The molecule has 0 spiro atoms. The second kappa shape index (κ2) is 9.43. The Kier molecular flexibility index (Phi) is 6.95. The summed E-state index contributed by atoms with van der Waals surface area (Å²) in [4.78, 5) is 19.2. The molecule has 0 bridgehead atoms. The first-order valence-electron chi connectivity index (χ1n) is 8.53. The quantitative estimate of drug-likeness (QED) is 0.234. The van der Waals surface area contributed by atoms with Crippen LogP contribution in [0.1, 0.15) is 5.56 Å². The van der Waals surface area contributed by atoms with Crippen LogP contribution in [0.4, 0.5) is 10.1 Å². The first-order valence-corrected chi connectivity index (χ1v) is 10.1. The van der Waals surface area contributed by atoms with E-state index in [4.69, 9.17) is 23.2 Å². The lowest BCUT2D eigenvalue weighted by atomic mass is 10.1. The van der Waals surface area contributed by atoms with Gasteiger partial charge in [0.25, 0.3) is 0 Å². The van der Waals surface area contributed by atoms with E-state index in [1.807, 2.05) is 25.1 Å². The van der Waals surface area contributed by atoms with Crippen LogP contribution in [0, 0.1) is 5.82 Å². The molecule has 0 aliphatic rings. The molecule has 3 aromatic rings. The summed E-state index contributed by atoms with van der Waals surface area (Å²) in [7, 11) is 3.74. The molecule has 5 nitrogen and oxygen atoms in total. The number of benzene rings is 2. The van der Waals surface area contributed by atoms with Gasteiger partial charge in [0.2, 0.25) is 5.91 Å². The second-order valence-electron chi connectivity index (χ2n) is 6.37. The molecular weight excluding hydrogens is 434 g/mol. The number of aromatic nitrogens is 1. The van der Waals surface area contributed by atoms with Crippen LogP contribution >= 0.6 is 35.1 Å². The van der Waals surface area contributed by atoms with Crippen LogP contribution in [0.25, 0.3) is 10.8 Å². The van der Waals surface area contributed by atoms with Crippen LogP contribution in [0.3, 0.4) is 0 Å². The van der Waals surface area contributed by atoms with Crippen molar-refractivity contribution in [3.8, 4) is 0 Å². The number of carbonyl (C=O) groups excluding carboxylic acids is 1. The number of carbonyl (C=O) groups is 1. The lowest BCUT2D eigenvalue weighted by Gasteiger charge is -2.11. The van der Waals surface area contributed by atoms with Gasteiger partial charge in [0, 0.05) is 64.2 Å². The summed E-state index contributed by atoms with van der Waals surface area (Å²) in [5.74, 6) is -0.920. The van der Waals surface area contributed by atoms with E-state index >= 15 is 0 Å². The summed E-state index contributed by atoms with van der Waals surface area (Å²) < 4.78 is 18.3. The van der Waals surface area contributed by atoms with Crippen molar-refractivity contribution in [2.24, 2.45) is 4.40 Å².